The SMILES string of the molecule is NCCCCc1c(-c2ccc(Br)s2)[nH]c2c(C(F)(F)F)ccc(Cl)c12. The first kappa shape index (κ1) is 18.8. The predicted octanol–water partition coefficient (Wildman–Crippen LogP) is 6.61. The van der Waals surface area contributed by atoms with E-state index in [1.54, 1.807) is 0 Å². The second-order valence-electron chi connectivity index (χ2n) is 5.67. The van der Waals surface area contributed by atoms with Gasteiger partial charge in [0, 0.05) is 5.39 Å². The highest BCUT2D eigenvalue weighted by molar-refractivity contribution is 9.11. The van der Waals surface area contributed by atoms with E-state index in [0.29, 0.717) is 29.1 Å². The van der Waals surface area contributed by atoms with Crippen LogP contribution in [0.15, 0.2) is 28.1 Å². The van der Waals surface area contributed by atoms with Crippen molar-refractivity contribution in [2.75, 3.05) is 6.54 Å². The lowest BCUT2D eigenvalue weighted by atomic mass is 10.0. The largest absolute Gasteiger partial charge is 0.418 e. The Kier molecular flexibility index (Phi) is 5.48. The maximum atomic E-state index is 13.4. The van der Waals surface area contributed by atoms with Crippen LogP contribution < -0.4 is 5.73 Å². The average molecular weight is 452 g/mol. The van der Waals surface area contributed by atoms with E-state index >= 15 is 0 Å². The predicted molar refractivity (Wildman–Crippen MR) is 101 cm³/mol. The van der Waals surface area contributed by atoms with E-state index < -0.39 is 11.7 Å². The number of unbranched alkanes of at least 4 members (excludes halogenated alkanes) is 1. The van der Waals surface area contributed by atoms with Crippen molar-refractivity contribution in [3.05, 3.63) is 44.2 Å². The Morgan fingerprint density at radius 1 is 1.16 bits per heavy atom. The molecule has 0 amide bonds. The number of H-pyrrole nitrogens is 1. The molecule has 2 aromatic heterocycles. The highest BCUT2D eigenvalue weighted by Crippen LogP contribution is 2.43. The third-order valence-electron chi connectivity index (χ3n) is 4.01. The molecular formula is C17H15BrClF3N2S. The van der Waals surface area contributed by atoms with Crippen molar-refractivity contribution in [3.8, 4) is 10.6 Å². The molecule has 3 rings (SSSR count). The lowest BCUT2D eigenvalue weighted by molar-refractivity contribution is -0.136. The van der Waals surface area contributed by atoms with Gasteiger partial charge >= 0.3 is 6.18 Å². The average Bonchev–Trinajstić information content (AvgIpc) is 3.11. The van der Waals surface area contributed by atoms with E-state index in [4.69, 9.17) is 17.3 Å². The number of hydrogen-bond donors (Lipinski definition) is 2. The number of benzene rings is 1. The van der Waals surface area contributed by atoms with E-state index in [9.17, 15) is 13.2 Å². The molecule has 3 N–H and O–H groups in total. The summed E-state index contributed by atoms with van der Waals surface area (Å²) in [6.45, 7) is 0.545. The molecule has 2 heterocycles. The maximum absolute atomic E-state index is 13.4. The summed E-state index contributed by atoms with van der Waals surface area (Å²) >= 11 is 11.2. The van der Waals surface area contributed by atoms with Gasteiger partial charge in [-0.15, -0.1) is 11.3 Å². The van der Waals surface area contributed by atoms with Crippen molar-refractivity contribution in [3.63, 3.8) is 0 Å². The van der Waals surface area contributed by atoms with Gasteiger partial charge < -0.3 is 10.7 Å². The third kappa shape index (κ3) is 3.74. The van der Waals surface area contributed by atoms with Crippen LogP contribution in [0.4, 0.5) is 13.2 Å². The fourth-order valence-electron chi connectivity index (χ4n) is 2.92. The van der Waals surface area contributed by atoms with Crippen molar-refractivity contribution in [1.82, 2.24) is 4.98 Å². The van der Waals surface area contributed by atoms with Crippen LogP contribution in [0.25, 0.3) is 21.5 Å². The number of nitrogens with one attached hydrogen (secondary N) is 1. The minimum Gasteiger partial charge on any atom is -0.353 e. The normalized spacial score (nSPS) is 12.2. The van der Waals surface area contributed by atoms with Crippen molar-refractivity contribution in [2.45, 2.75) is 25.4 Å². The summed E-state index contributed by atoms with van der Waals surface area (Å²) in [4.78, 5) is 3.86. The standard InChI is InChI=1S/C17H15BrClF3N2S/c18-13-7-6-12(25-13)15-9(3-1-2-8-23)14-11(19)5-4-10(16(14)24-15)17(20,21)22/h4-7,24H,1-3,8,23H2. The number of fused-ring (bicyclic) bond motifs is 1. The van der Waals surface area contributed by atoms with Crippen molar-refractivity contribution in [2.24, 2.45) is 5.73 Å². The van der Waals surface area contributed by atoms with E-state index in [1.165, 1.54) is 17.4 Å². The van der Waals surface area contributed by atoms with Gasteiger partial charge in [0.15, 0.2) is 0 Å². The zero-order valence-electron chi connectivity index (χ0n) is 13.0. The van der Waals surface area contributed by atoms with Crippen LogP contribution in [-0.2, 0) is 12.6 Å². The van der Waals surface area contributed by atoms with Crippen LogP contribution in [0, 0.1) is 0 Å². The molecule has 0 aliphatic rings. The van der Waals surface area contributed by atoms with Crippen LogP contribution in [0.5, 0.6) is 0 Å². The Labute approximate surface area is 160 Å². The maximum Gasteiger partial charge on any atom is 0.418 e. The third-order valence-corrected chi connectivity index (χ3v) is 5.97. The van der Waals surface area contributed by atoms with Gasteiger partial charge in [0.05, 0.1) is 30.5 Å². The lowest BCUT2D eigenvalue weighted by Gasteiger charge is -2.09. The molecule has 0 bridgehead atoms. The zero-order chi connectivity index (χ0) is 18.2. The number of thiophene rings is 1. The Balaban J connectivity index is 2.26. The molecule has 0 fully saturated rings. The molecule has 0 saturated carbocycles. The fourth-order valence-corrected chi connectivity index (χ4v) is 4.60. The van der Waals surface area contributed by atoms with E-state index in [-0.39, 0.29) is 5.52 Å². The van der Waals surface area contributed by atoms with Gasteiger partial charge in [-0.25, -0.2) is 0 Å². The summed E-state index contributed by atoms with van der Waals surface area (Å²) in [6.07, 6.45) is -2.25. The van der Waals surface area contributed by atoms with Gasteiger partial charge in [0.2, 0.25) is 0 Å². The van der Waals surface area contributed by atoms with Gasteiger partial charge in [0.25, 0.3) is 0 Å². The topological polar surface area (TPSA) is 41.8 Å². The Morgan fingerprint density at radius 3 is 2.52 bits per heavy atom. The van der Waals surface area contributed by atoms with Crippen LogP contribution in [-0.4, -0.2) is 11.5 Å². The summed E-state index contributed by atoms with van der Waals surface area (Å²) in [5.74, 6) is 0. The number of aromatic nitrogens is 1. The van der Waals surface area contributed by atoms with Gasteiger partial charge in [-0.05, 0) is 71.6 Å². The number of halogens is 5. The molecular weight excluding hydrogens is 437 g/mol. The van der Waals surface area contributed by atoms with Crippen LogP contribution in [0.3, 0.4) is 0 Å². The molecule has 0 unspecified atom stereocenters. The molecule has 0 atom stereocenters. The van der Waals surface area contributed by atoms with Crippen molar-refractivity contribution >= 4 is 49.8 Å². The summed E-state index contributed by atoms with van der Waals surface area (Å²) in [6, 6.07) is 6.11. The molecule has 134 valence electrons. The molecule has 8 heteroatoms. The lowest BCUT2D eigenvalue weighted by Crippen LogP contribution is -2.05. The molecule has 25 heavy (non-hydrogen) atoms. The molecule has 0 aliphatic carbocycles. The van der Waals surface area contributed by atoms with Crippen LogP contribution in [0.1, 0.15) is 24.0 Å². The second-order valence-corrected chi connectivity index (χ2v) is 8.54. The van der Waals surface area contributed by atoms with Gasteiger partial charge in [-0.2, -0.15) is 13.2 Å². The number of hydrogen-bond acceptors (Lipinski definition) is 2. The Morgan fingerprint density at radius 2 is 1.92 bits per heavy atom. The molecule has 0 saturated heterocycles. The van der Waals surface area contributed by atoms with Crippen molar-refractivity contribution < 1.29 is 13.2 Å². The zero-order valence-corrected chi connectivity index (χ0v) is 16.2. The number of alkyl halides is 3. The van der Waals surface area contributed by atoms with Crippen molar-refractivity contribution in [1.29, 1.82) is 0 Å². The molecule has 2 nitrogen and oxygen atoms in total. The second kappa shape index (κ2) is 7.31. The summed E-state index contributed by atoms with van der Waals surface area (Å²) < 4.78 is 41.2. The highest BCUT2D eigenvalue weighted by atomic mass is 79.9. The van der Waals surface area contributed by atoms with Gasteiger partial charge in [0.1, 0.15) is 0 Å². The first-order valence-corrected chi connectivity index (χ1v) is 9.67. The minimum absolute atomic E-state index is 0.0438. The molecule has 3 aromatic rings. The monoisotopic (exact) mass is 450 g/mol. The number of nitrogens with two attached hydrogens (primary N) is 1. The Hall–Kier alpha value is -1.02. The number of aryl methyl sites for hydroxylation is 1. The first-order valence-electron chi connectivity index (χ1n) is 7.69. The van der Waals surface area contributed by atoms with Gasteiger partial charge in [-0.1, -0.05) is 11.6 Å². The fraction of sp³-hybridized carbons (Fsp3) is 0.294. The summed E-state index contributed by atoms with van der Waals surface area (Å²) in [7, 11) is 0. The highest BCUT2D eigenvalue weighted by Gasteiger charge is 2.34. The van der Waals surface area contributed by atoms with E-state index in [1.807, 2.05) is 12.1 Å². The summed E-state index contributed by atoms with van der Waals surface area (Å²) in [5, 5.41) is 0.775. The minimum atomic E-state index is -4.45. The van der Waals surface area contributed by atoms with E-state index in [2.05, 4.69) is 20.9 Å². The quantitative estimate of drug-likeness (QED) is 0.421. The van der Waals surface area contributed by atoms with Gasteiger partial charge in [-0.3, -0.25) is 0 Å². The Bertz CT molecular complexity index is 901. The number of rotatable bonds is 5. The molecule has 0 spiro atoms. The first-order chi connectivity index (χ1) is 11.8. The van der Waals surface area contributed by atoms with Crippen LogP contribution >= 0.6 is 38.9 Å². The molecule has 0 aliphatic heterocycles. The number of aromatic amines is 1. The molecule has 0 radical (unpaired) electrons. The smallest absolute Gasteiger partial charge is 0.353 e. The van der Waals surface area contributed by atoms with Crippen LogP contribution in [0.2, 0.25) is 5.02 Å². The molecule has 1 aromatic carbocycles. The summed E-state index contributed by atoms with van der Waals surface area (Å²) in [5.41, 5.74) is 6.41. The van der Waals surface area contributed by atoms with E-state index in [0.717, 1.165) is 33.1 Å².